The Bertz CT molecular complexity index is 432. The van der Waals surface area contributed by atoms with Gasteiger partial charge in [-0.1, -0.05) is 0 Å². The number of esters is 1. The van der Waals surface area contributed by atoms with Crippen LogP contribution in [0.2, 0.25) is 0 Å². The van der Waals surface area contributed by atoms with Gasteiger partial charge in [0.25, 0.3) is 0 Å². The molecule has 10 nitrogen and oxygen atoms in total. The molecule has 92 valence electrons. The Kier molecular flexibility index (Phi) is 5.35. The molecule has 0 saturated heterocycles. The first-order chi connectivity index (χ1) is 7.24. The molecule has 0 saturated carbocycles. The van der Waals surface area contributed by atoms with Crippen LogP contribution in [0.4, 0.5) is 5.95 Å². The van der Waals surface area contributed by atoms with Crippen LogP contribution in [0.3, 0.4) is 0 Å². The van der Waals surface area contributed by atoms with Crippen LogP contribution in [0.25, 0.3) is 0 Å². The summed E-state index contributed by atoms with van der Waals surface area (Å²) in [5.74, 6) is -0.478. The Morgan fingerprint density at radius 1 is 1.56 bits per heavy atom. The van der Waals surface area contributed by atoms with E-state index < -0.39 is 16.4 Å². The number of ether oxygens (including phenoxy) is 1. The van der Waals surface area contributed by atoms with Gasteiger partial charge in [-0.2, -0.15) is 13.4 Å². The van der Waals surface area contributed by atoms with Crippen molar-refractivity contribution in [2.24, 2.45) is 0 Å². The van der Waals surface area contributed by atoms with E-state index in [1.54, 1.807) is 6.92 Å². The number of anilines is 1. The van der Waals surface area contributed by atoms with Crippen molar-refractivity contribution in [1.82, 2.24) is 15.2 Å². The minimum absolute atomic E-state index is 0.0318. The zero-order valence-electron chi connectivity index (χ0n) is 8.11. The van der Waals surface area contributed by atoms with Crippen molar-refractivity contribution in [3.8, 4) is 0 Å². The summed E-state index contributed by atoms with van der Waals surface area (Å²) in [4.78, 5) is 14.4. The number of H-pyrrole nitrogens is 1. The van der Waals surface area contributed by atoms with Gasteiger partial charge in [0.2, 0.25) is 11.8 Å². The molecule has 0 atom stereocenters. The van der Waals surface area contributed by atoms with Crippen molar-refractivity contribution in [2.45, 2.75) is 6.92 Å². The number of hydrogen-bond acceptors (Lipinski definition) is 7. The number of rotatable bonds is 2. The van der Waals surface area contributed by atoms with E-state index in [2.05, 4.69) is 19.9 Å². The van der Waals surface area contributed by atoms with Gasteiger partial charge in [0.1, 0.15) is 0 Å². The third-order valence-corrected chi connectivity index (χ3v) is 0.971. The van der Waals surface area contributed by atoms with Crippen LogP contribution in [0.15, 0.2) is 0 Å². The maximum absolute atomic E-state index is 10.8. The van der Waals surface area contributed by atoms with E-state index in [4.69, 9.17) is 23.3 Å². The molecule has 0 aliphatic heterocycles. The predicted molar refractivity (Wildman–Crippen MR) is 50.9 cm³/mol. The normalized spacial score (nSPS) is 10.2. The maximum atomic E-state index is 10.8. The molecule has 1 heterocycles. The van der Waals surface area contributed by atoms with Crippen molar-refractivity contribution in [3.63, 3.8) is 0 Å². The highest BCUT2D eigenvalue weighted by molar-refractivity contribution is 7.79. The zero-order chi connectivity index (χ0) is 12.8. The molecule has 1 aromatic heterocycles. The third kappa shape index (κ3) is 7.66. The number of aromatic nitrogens is 3. The summed E-state index contributed by atoms with van der Waals surface area (Å²) in [6, 6.07) is 0. The summed E-state index contributed by atoms with van der Waals surface area (Å²) >= 11 is 0. The van der Waals surface area contributed by atoms with Crippen molar-refractivity contribution in [1.29, 1.82) is 0 Å². The minimum Gasteiger partial charge on any atom is -0.460 e. The fourth-order valence-corrected chi connectivity index (χ4v) is 0.566. The Morgan fingerprint density at radius 2 is 2.06 bits per heavy atom. The number of hydrogen-bond donors (Lipinski definition) is 4. The first kappa shape index (κ1) is 14.3. The number of aromatic amines is 1. The van der Waals surface area contributed by atoms with Crippen LogP contribution in [-0.2, 0) is 15.1 Å². The van der Waals surface area contributed by atoms with Crippen LogP contribution in [0, 0.1) is 0 Å². The van der Waals surface area contributed by atoms with Gasteiger partial charge in [0.15, 0.2) is 0 Å². The molecular weight excluding hydrogens is 244 g/mol. The number of carbonyl (C=O) groups is 1. The fraction of sp³-hybridized carbons (Fsp3) is 0.400. The lowest BCUT2D eigenvalue weighted by Gasteiger charge is -1.94. The van der Waals surface area contributed by atoms with Gasteiger partial charge in [0, 0.05) is 0 Å². The number of nitrogens with two attached hydrogens (primary N) is 1. The molecule has 0 amide bonds. The summed E-state index contributed by atoms with van der Waals surface area (Å²) in [7, 11) is -4.67. The van der Waals surface area contributed by atoms with Crippen molar-refractivity contribution in [3.05, 3.63) is 5.82 Å². The lowest BCUT2D eigenvalue weighted by atomic mass is 10.6. The van der Waals surface area contributed by atoms with Gasteiger partial charge in [-0.25, -0.2) is 4.79 Å². The smallest absolute Gasteiger partial charge is 0.394 e. The molecule has 0 aliphatic rings. The Morgan fingerprint density at radius 3 is 2.38 bits per heavy atom. The minimum atomic E-state index is -4.67. The van der Waals surface area contributed by atoms with Crippen LogP contribution >= 0.6 is 0 Å². The zero-order valence-corrected chi connectivity index (χ0v) is 8.93. The van der Waals surface area contributed by atoms with Crippen LogP contribution in [0.5, 0.6) is 0 Å². The molecule has 0 spiro atoms. The van der Waals surface area contributed by atoms with Crippen LogP contribution in [0.1, 0.15) is 17.5 Å². The molecule has 11 heteroatoms. The molecule has 1 rings (SSSR count). The highest BCUT2D eigenvalue weighted by Gasteiger charge is 2.10. The van der Waals surface area contributed by atoms with E-state index >= 15 is 0 Å². The van der Waals surface area contributed by atoms with E-state index in [0.29, 0.717) is 6.61 Å². The molecule has 5 N–H and O–H groups in total. The largest absolute Gasteiger partial charge is 0.460 e. The van der Waals surface area contributed by atoms with Crippen molar-refractivity contribution < 1.29 is 27.1 Å². The average Bonchev–Trinajstić information content (AvgIpc) is 2.49. The molecule has 16 heavy (non-hydrogen) atoms. The van der Waals surface area contributed by atoms with Gasteiger partial charge >= 0.3 is 16.4 Å². The second-order valence-electron chi connectivity index (χ2n) is 2.21. The number of nitrogens with one attached hydrogen (secondary N) is 1. The summed E-state index contributed by atoms with van der Waals surface area (Å²) in [5.41, 5.74) is 5.15. The van der Waals surface area contributed by atoms with E-state index in [1.807, 2.05) is 0 Å². The molecule has 0 fully saturated rings. The van der Waals surface area contributed by atoms with Gasteiger partial charge in [0.05, 0.1) is 6.61 Å². The fourth-order valence-electron chi connectivity index (χ4n) is 0.566. The second kappa shape index (κ2) is 5.99. The Hall–Kier alpha value is -1.72. The highest BCUT2D eigenvalue weighted by Crippen LogP contribution is 1.94. The summed E-state index contributed by atoms with van der Waals surface area (Å²) in [5, 5.41) is 5.79. The SMILES string of the molecule is CCOC(=O)c1nc(N)n[nH]1.O=S(=O)(O)O. The van der Waals surface area contributed by atoms with Gasteiger partial charge in [-0.3, -0.25) is 14.2 Å². The van der Waals surface area contributed by atoms with Crippen LogP contribution in [-0.4, -0.2) is 45.3 Å². The van der Waals surface area contributed by atoms with Gasteiger partial charge < -0.3 is 10.5 Å². The molecule has 0 aromatic carbocycles. The van der Waals surface area contributed by atoms with Crippen molar-refractivity contribution in [2.75, 3.05) is 12.3 Å². The molecule has 0 bridgehead atoms. The van der Waals surface area contributed by atoms with Crippen molar-refractivity contribution >= 4 is 22.3 Å². The Balaban J connectivity index is 0.000000385. The maximum Gasteiger partial charge on any atom is 0.394 e. The lowest BCUT2D eigenvalue weighted by molar-refractivity contribution is 0.0512. The number of nitrogen functional groups attached to an aromatic ring is 1. The molecule has 0 radical (unpaired) electrons. The number of carbonyl (C=O) groups excluding carboxylic acids is 1. The van der Waals surface area contributed by atoms with E-state index in [-0.39, 0.29) is 11.8 Å². The topological polar surface area (TPSA) is 168 Å². The van der Waals surface area contributed by atoms with Gasteiger partial charge in [-0.05, 0) is 6.92 Å². The average molecular weight is 254 g/mol. The van der Waals surface area contributed by atoms with E-state index in [0.717, 1.165) is 0 Å². The standard InChI is InChI=1S/C5H8N4O2.H2O4S/c1-2-11-4(10)3-7-5(6)9-8-3;1-5(2,3)4/h2H2,1H3,(H3,6,7,8,9);(H2,1,2,3,4). The monoisotopic (exact) mass is 254 g/mol. The first-order valence-corrected chi connectivity index (χ1v) is 5.18. The summed E-state index contributed by atoms with van der Waals surface area (Å²) in [6.45, 7) is 2.01. The third-order valence-electron chi connectivity index (χ3n) is 0.971. The lowest BCUT2D eigenvalue weighted by Crippen LogP contribution is -2.06. The summed E-state index contributed by atoms with van der Waals surface area (Å²) in [6.07, 6.45) is 0. The number of nitrogens with zero attached hydrogens (tertiary/aromatic N) is 2. The van der Waals surface area contributed by atoms with E-state index in [1.165, 1.54) is 0 Å². The Labute approximate surface area is 90.4 Å². The second-order valence-corrected chi connectivity index (χ2v) is 3.11. The molecule has 0 unspecified atom stereocenters. The van der Waals surface area contributed by atoms with Gasteiger partial charge in [-0.15, -0.1) is 5.10 Å². The predicted octanol–water partition coefficient (Wildman–Crippen LogP) is -1.09. The quantitative estimate of drug-likeness (QED) is 0.378. The highest BCUT2D eigenvalue weighted by atomic mass is 32.3. The molecular formula is C5H10N4O6S. The first-order valence-electron chi connectivity index (χ1n) is 3.79. The summed E-state index contributed by atoms with van der Waals surface area (Å²) < 4.78 is 36.2. The van der Waals surface area contributed by atoms with E-state index in [9.17, 15) is 4.79 Å². The molecule has 0 aliphatic carbocycles. The van der Waals surface area contributed by atoms with Crippen LogP contribution < -0.4 is 5.73 Å². The molecule has 1 aromatic rings.